The molecule has 0 aliphatic rings. The van der Waals surface area contributed by atoms with E-state index in [4.69, 9.17) is 5.73 Å². The number of carbonyl (C=O) groups excluding carboxylic acids is 1. The molecule has 28 heavy (non-hydrogen) atoms. The van der Waals surface area contributed by atoms with Crippen molar-refractivity contribution < 1.29 is 4.79 Å². The van der Waals surface area contributed by atoms with Gasteiger partial charge < -0.3 is 10.3 Å². The third kappa shape index (κ3) is 7.08. The zero-order valence-corrected chi connectivity index (χ0v) is 19.3. The number of primary amides is 1. The summed E-state index contributed by atoms with van der Waals surface area (Å²) in [6.07, 6.45) is 6.93. The second-order valence-electron chi connectivity index (χ2n) is 5.70. The van der Waals surface area contributed by atoms with Crippen molar-refractivity contribution in [1.29, 1.82) is 0 Å². The lowest BCUT2D eigenvalue weighted by molar-refractivity contribution is -0.118. The fraction of sp³-hybridized carbons (Fsp3) is 0.375. The van der Waals surface area contributed by atoms with Gasteiger partial charge in [-0.3, -0.25) is 4.79 Å². The summed E-state index contributed by atoms with van der Waals surface area (Å²) in [5.41, 5.74) is 8.72. The number of hydrogen-bond acceptors (Lipinski definition) is 2. The van der Waals surface area contributed by atoms with E-state index in [1.165, 1.54) is 15.4 Å². The Morgan fingerprint density at radius 2 is 1.82 bits per heavy atom. The standard InChI is InChI=1S/C20H24N2OS.2C2H6/c1-5-9-14(3)12-16(6-2)24-20-15(4)22(13-19(21)23)18-11-8-7-10-17(18)20;2*1-2/h5,7-12H,1,6,13H2,2-4H3,(H2,21,23);2*1-2H3/b14-9-,16-12+;;. The zero-order chi connectivity index (χ0) is 21.7. The minimum Gasteiger partial charge on any atom is -0.368 e. The molecule has 0 unspecified atom stereocenters. The molecular formula is C24H36N2OS. The normalized spacial score (nSPS) is 11.2. The molecule has 0 aliphatic heterocycles. The number of benzene rings is 1. The SMILES string of the molecule is C=C/C=C(C)\C=C(/CC)Sc1c(C)n(CC(N)=O)c2ccccc12.CC.CC. The predicted molar refractivity (Wildman–Crippen MR) is 127 cm³/mol. The molecule has 0 spiro atoms. The van der Waals surface area contributed by atoms with Crippen molar-refractivity contribution in [3.05, 3.63) is 65.2 Å². The summed E-state index contributed by atoms with van der Waals surface area (Å²) in [5.74, 6) is -0.327. The zero-order valence-electron chi connectivity index (χ0n) is 18.5. The minimum atomic E-state index is -0.327. The first-order valence-electron chi connectivity index (χ1n) is 10.0. The Hall–Kier alpha value is -2.20. The maximum absolute atomic E-state index is 11.4. The van der Waals surface area contributed by atoms with Gasteiger partial charge >= 0.3 is 0 Å². The lowest BCUT2D eigenvalue weighted by Crippen LogP contribution is -2.19. The van der Waals surface area contributed by atoms with Gasteiger partial charge in [0.1, 0.15) is 6.54 Å². The van der Waals surface area contributed by atoms with E-state index < -0.39 is 0 Å². The number of nitrogens with two attached hydrogens (primary N) is 1. The van der Waals surface area contributed by atoms with Gasteiger partial charge in [-0.05, 0) is 37.3 Å². The maximum atomic E-state index is 11.4. The number of nitrogens with zero attached hydrogens (tertiary/aromatic N) is 1. The van der Waals surface area contributed by atoms with Crippen LogP contribution in [0.1, 0.15) is 53.7 Å². The molecule has 0 aliphatic carbocycles. The van der Waals surface area contributed by atoms with Gasteiger partial charge in [-0.1, -0.05) is 88.9 Å². The monoisotopic (exact) mass is 400 g/mol. The van der Waals surface area contributed by atoms with E-state index in [-0.39, 0.29) is 12.5 Å². The number of amides is 1. The van der Waals surface area contributed by atoms with Crippen molar-refractivity contribution >= 4 is 28.6 Å². The highest BCUT2D eigenvalue weighted by molar-refractivity contribution is 8.03. The third-order valence-electron chi connectivity index (χ3n) is 3.84. The molecule has 0 atom stereocenters. The molecule has 1 aromatic heterocycles. The highest BCUT2D eigenvalue weighted by Gasteiger charge is 2.16. The fourth-order valence-corrected chi connectivity index (χ4v) is 3.90. The topological polar surface area (TPSA) is 48.0 Å². The summed E-state index contributed by atoms with van der Waals surface area (Å²) in [6, 6.07) is 8.15. The highest BCUT2D eigenvalue weighted by Crippen LogP contribution is 2.39. The van der Waals surface area contributed by atoms with Crippen LogP contribution in [0.25, 0.3) is 10.9 Å². The Balaban J connectivity index is 0.00000171. The van der Waals surface area contributed by atoms with Crippen molar-refractivity contribution in [3.8, 4) is 0 Å². The van der Waals surface area contributed by atoms with Gasteiger partial charge in [0.05, 0.1) is 0 Å². The van der Waals surface area contributed by atoms with Crippen molar-refractivity contribution in [2.45, 2.75) is 66.3 Å². The summed E-state index contributed by atoms with van der Waals surface area (Å²) in [5, 5.41) is 1.16. The Morgan fingerprint density at radius 3 is 2.36 bits per heavy atom. The van der Waals surface area contributed by atoms with Gasteiger partial charge in [-0.2, -0.15) is 0 Å². The lowest BCUT2D eigenvalue weighted by Gasteiger charge is -2.07. The van der Waals surface area contributed by atoms with Gasteiger partial charge in [0.15, 0.2) is 0 Å². The maximum Gasteiger partial charge on any atom is 0.237 e. The minimum absolute atomic E-state index is 0.202. The van der Waals surface area contributed by atoms with Crippen LogP contribution < -0.4 is 5.73 Å². The van der Waals surface area contributed by atoms with Crippen molar-refractivity contribution in [1.82, 2.24) is 4.57 Å². The van der Waals surface area contributed by atoms with E-state index >= 15 is 0 Å². The quantitative estimate of drug-likeness (QED) is 0.401. The van der Waals surface area contributed by atoms with Crippen LogP contribution in [0.5, 0.6) is 0 Å². The van der Waals surface area contributed by atoms with Crippen molar-refractivity contribution in [3.63, 3.8) is 0 Å². The largest absolute Gasteiger partial charge is 0.368 e. The van der Waals surface area contributed by atoms with Gasteiger partial charge in [-0.15, -0.1) is 0 Å². The summed E-state index contributed by atoms with van der Waals surface area (Å²) < 4.78 is 2.00. The molecular weight excluding hydrogens is 364 g/mol. The van der Waals surface area contributed by atoms with Gasteiger partial charge in [0.2, 0.25) is 5.91 Å². The van der Waals surface area contributed by atoms with E-state index in [1.54, 1.807) is 17.8 Å². The second kappa shape index (κ2) is 13.9. The Morgan fingerprint density at radius 1 is 1.21 bits per heavy atom. The number of carbonyl (C=O) groups is 1. The van der Waals surface area contributed by atoms with Crippen LogP contribution in [0.3, 0.4) is 0 Å². The van der Waals surface area contributed by atoms with Crippen LogP contribution >= 0.6 is 11.8 Å². The highest BCUT2D eigenvalue weighted by atomic mass is 32.2. The number of aromatic nitrogens is 1. The van der Waals surface area contributed by atoms with Gasteiger partial charge in [0.25, 0.3) is 0 Å². The first kappa shape index (κ1) is 25.8. The molecule has 2 rings (SSSR count). The summed E-state index contributed by atoms with van der Waals surface area (Å²) in [4.78, 5) is 13.9. The molecule has 0 fully saturated rings. The number of hydrogen-bond donors (Lipinski definition) is 1. The number of para-hydroxylation sites is 1. The Labute approximate surface area is 175 Å². The molecule has 4 heteroatoms. The molecule has 3 nitrogen and oxygen atoms in total. The number of rotatable bonds is 7. The third-order valence-corrected chi connectivity index (χ3v) is 5.23. The molecule has 1 aromatic carbocycles. The second-order valence-corrected chi connectivity index (χ2v) is 6.83. The molecule has 1 heterocycles. The van der Waals surface area contributed by atoms with E-state index in [9.17, 15) is 4.79 Å². The molecule has 1 amide bonds. The fourth-order valence-electron chi connectivity index (χ4n) is 2.71. The van der Waals surface area contributed by atoms with Crippen LogP contribution in [-0.4, -0.2) is 10.5 Å². The van der Waals surface area contributed by atoms with Crippen LogP contribution in [0, 0.1) is 6.92 Å². The van der Waals surface area contributed by atoms with Crippen molar-refractivity contribution in [2.24, 2.45) is 5.73 Å². The van der Waals surface area contributed by atoms with E-state index in [1.807, 2.05) is 63.5 Å². The van der Waals surface area contributed by atoms with Crippen LogP contribution in [-0.2, 0) is 11.3 Å². The van der Waals surface area contributed by atoms with E-state index in [0.29, 0.717) is 0 Å². The average molecular weight is 401 g/mol. The predicted octanol–water partition coefficient (Wildman–Crippen LogP) is 7.01. The van der Waals surface area contributed by atoms with Crippen LogP contribution in [0.2, 0.25) is 0 Å². The van der Waals surface area contributed by atoms with Gasteiger partial charge in [0, 0.05) is 21.5 Å². The first-order valence-corrected chi connectivity index (χ1v) is 10.8. The molecule has 2 N–H and O–H groups in total. The van der Waals surface area contributed by atoms with Crippen molar-refractivity contribution in [2.75, 3.05) is 0 Å². The van der Waals surface area contributed by atoms with E-state index in [0.717, 1.165) is 23.0 Å². The Kier molecular flexibility index (Phi) is 12.8. The molecule has 0 saturated carbocycles. The Bertz CT molecular complexity index is 828. The molecule has 0 saturated heterocycles. The first-order chi connectivity index (χ1) is 13.5. The number of allylic oxidation sites excluding steroid dienone is 5. The molecule has 0 bridgehead atoms. The molecule has 154 valence electrons. The van der Waals surface area contributed by atoms with Gasteiger partial charge in [-0.25, -0.2) is 0 Å². The lowest BCUT2D eigenvalue weighted by atomic mass is 10.2. The summed E-state index contributed by atoms with van der Waals surface area (Å²) >= 11 is 1.76. The van der Waals surface area contributed by atoms with Crippen LogP contribution in [0.15, 0.2) is 64.4 Å². The average Bonchev–Trinajstić information content (AvgIpc) is 2.96. The molecule has 0 radical (unpaired) electrons. The smallest absolute Gasteiger partial charge is 0.237 e. The summed E-state index contributed by atoms with van der Waals surface area (Å²) in [7, 11) is 0. The summed E-state index contributed by atoms with van der Waals surface area (Å²) in [6.45, 7) is 18.2. The van der Waals surface area contributed by atoms with Crippen LogP contribution in [0.4, 0.5) is 0 Å². The number of fused-ring (bicyclic) bond motifs is 1. The van der Waals surface area contributed by atoms with E-state index in [2.05, 4.69) is 32.6 Å². The molecule has 2 aromatic rings. The number of thioether (sulfide) groups is 1.